The molecule has 0 aliphatic heterocycles. The van der Waals surface area contributed by atoms with Gasteiger partial charge in [-0.25, -0.2) is 12.7 Å². The molecule has 102 valence electrons. The molecule has 2 N–H and O–H groups in total. The summed E-state index contributed by atoms with van der Waals surface area (Å²) in [5.41, 5.74) is 7.71. The quantitative estimate of drug-likeness (QED) is 0.853. The second-order valence-corrected chi connectivity index (χ2v) is 7.14. The first-order valence-corrected chi connectivity index (χ1v) is 7.43. The summed E-state index contributed by atoms with van der Waals surface area (Å²) in [6.07, 6.45) is 0. The maximum atomic E-state index is 12.5. The predicted molar refractivity (Wildman–Crippen MR) is 75.0 cm³/mol. The zero-order valence-electron chi connectivity index (χ0n) is 11.7. The average molecular weight is 270 g/mol. The molecular weight excluding hydrogens is 248 g/mol. The van der Waals surface area contributed by atoms with Crippen LogP contribution in [0.25, 0.3) is 0 Å². The lowest BCUT2D eigenvalue weighted by molar-refractivity contribution is 0.416. The summed E-state index contributed by atoms with van der Waals surface area (Å²) in [5.74, 6) is 0.291. The molecule has 0 aromatic heterocycles. The van der Waals surface area contributed by atoms with Gasteiger partial charge >= 0.3 is 0 Å². The molecule has 0 heterocycles. The molecule has 18 heavy (non-hydrogen) atoms. The van der Waals surface area contributed by atoms with E-state index >= 15 is 0 Å². The molecule has 0 saturated heterocycles. The second kappa shape index (κ2) is 5.28. The SMILES string of the molecule is Cc1cc(N)cc(C)c1S(=O)(=O)N(C)CC(C)C. The van der Waals surface area contributed by atoms with Gasteiger partial charge in [0.15, 0.2) is 0 Å². The van der Waals surface area contributed by atoms with Crippen molar-refractivity contribution < 1.29 is 8.42 Å². The molecule has 1 rings (SSSR count). The highest BCUT2D eigenvalue weighted by Crippen LogP contribution is 2.25. The Bertz CT molecular complexity index is 513. The van der Waals surface area contributed by atoms with Crippen molar-refractivity contribution in [3.8, 4) is 0 Å². The first kappa shape index (κ1) is 15.0. The zero-order chi connectivity index (χ0) is 14.1. The van der Waals surface area contributed by atoms with E-state index < -0.39 is 10.0 Å². The Morgan fingerprint density at radius 1 is 1.22 bits per heavy atom. The van der Waals surface area contributed by atoms with E-state index in [1.807, 2.05) is 13.8 Å². The summed E-state index contributed by atoms with van der Waals surface area (Å²) in [6, 6.07) is 3.40. The summed E-state index contributed by atoms with van der Waals surface area (Å²) in [7, 11) is -1.82. The number of rotatable bonds is 4. The molecule has 5 heteroatoms. The third kappa shape index (κ3) is 3.03. The average Bonchev–Trinajstić information content (AvgIpc) is 2.13. The molecule has 0 spiro atoms. The number of anilines is 1. The number of benzene rings is 1. The van der Waals surface area contributed by atoms with Crippen LogP contribution in [0.3, 0.4) is 0 Å². The van der Waals surface area contributed by atoms with Gasteiger partial charge in [0.2, 0.25) is 10.0 Å². The van der Waals surface area contributed by atoms with Crippen LogP contribution in [0.15, 0.2) is 17.0 Å². The van der Waals surface area contributed by atoms with E-state index in [-0.39, 0.29) is 0 Å². The number of sulfonamides is 1. The van der Waals surface area contributed by atoms with Crippen molar-refractivity contribution in [1.82, 2.24) is 4.31 Å². The van der Waals surface area contributed by atoms with E-state index in [1.165, 1.54) is 4.31 Å². The largest absolute Gasteiger partial charge is 0.399 e. The van der Waals surface area contributed by atoms with Gasteiger partial charge < -0.3 is 5.73 Å². The zero-order valence-corrected chi connectivity index (χ0v) is 12.5. The van der Waals surface area contributed by atoms with Gasteiger partial charge in [0, 0.05) is 19.3 Å². The van der Waals surface area contributed by atoms with Crippen molar-refractivity contribution in [3.63, 3.8) is 0 Å². The van der Waals surface area contributed by atoms with E-state index in [4.69, 9.17) is 5.73 Å². The maximum Gasteiger partial charge on any atom is 0.243 e. The highest BCUT2D eigenvalue weighted by Gasteiger charge is 2.25. The Morgan fingerprint density at radius 2 is 1.67 bits per heavy atom. The summed E-state index contributed by atoms with van der Waals surface area (Å²) in [5, 5.41) is 0. The number of hydrogen-bond donors (Lipinski definition) is 1. The fourth-order valence-electron chi connectivity index (χ4n) is 2.16. The molecule has 0 aliphatic carbocycles. The van der Waals surface area contributed by atoms with E-state index in [9.17, 15) is 8.42 Å². The summed E-state index contributed by atoms with van der Waals surface area (Å²) >= 11 is 0. The van der Waals surface area contributed by atoms with Crippen molar-refractivity contribution in [3.05, 3.63) is 23.3 Å². The van der Waals surface area contributed by atoms with Gasteiger partial charge in [-0.2, -0.15) is 0 Å². The molecule has 0 saturated carbocycles. The van der Waals surface area contributed by atoms with Crippen molar-refractivity contribution >= 4 is 15.7 Å². The van der Waals surface area contributed by atoms with Crippen molar-refractivity contribution in [1.29, 1.82) is 0 Å². The minimum atomic E-state index is -3.43. The lowest BCUT2D eigenvalue weighted by Crippen LogP contribution is -2.31. The predicted octanol–water partition coefficient (Wildman–Crippen LogP) is 2.16. The van der Waals surface area contributed by atoms with Crippen LogP contribution in [0, 0.1) is 19.8 Å². The first-order chi connectivity index (χ1) is 8.16. The number of nitrogens with zero attached hydrogens (tertiary/aromatic N) is 1. The van der Waals surface area contributed by atoms with Crippen LogP contribution in [-0.4, -0.2) is 26.3 Å². The van der Waals surface area contributed by atoms with E-state index in [1.54, 1.807) is 33.0 Å². The summed E-state index contributed by atoms with van der Waals surface area (Å²) in [6.45, 7) is 8.05. The molecule has 0 radical (unpaired) electrons. The fourth-order valence-corrected chi connectivity index (χ4v) is 3.90. The van der Waals surface area contributed by atoms with Crippen LogP contribution in [-0.2, 0) is 10.0 Å². The van der Waals surface area contributed by atoms with E-state index in [2.05, 4.69) is 0 Å². The summed E-state index contributed by atoms with van der Waals surface area (Å²) < 4.78 is 26.4. The third-order valence-electron chi connectivity index (χ3n) is 2.77. The molecular formula is C13H22N2O2S. The Labute approximate surface area is 110 Å². The van der Waals surface area contributed by atoms with Gasteiger partial charge in [0.1, 0.15) is 0 Å². The smallest absolute Gasteiger partial charge is 0.243 e. The molecule has 1 aromatic carbocycles. The van der Waals surface area contributed by atoms with E-state index in [0.29, 0.717) is 34.2 Å². The lowest BCUT2D eigenvalue weighted by atomic mass is 10.1. The second-order valence-electron chi connectivity index (χ2n) is 5.16. The fraction of sp³-hybridized carbons (Fsp3) is 0.538. The number of aryl methyl sites for hydroxylation is 2. The topological polar surface area (TPSA) is 63.4 Å². The van der Waals surface area contributed by atoms with Gasteiger partial charge in [0.25, 0.3) is 0 Å². The lowest BCUT2D eigenvalue weighted by Gasteiger charge is -2.21. The highest BCUT2D eigenvalue weighted by molar-refractivity contribution is 7.89. The van der Waals surface area contributed by atoms with Crippen LogP contribution in [0.5, 0.6) is 0 Å². The van der Waals surface area contributed by atoms with Gasteiger partial charge in [-0.3, -0.25) is 0 Å². The number of hydrogen-bond acceptors (Lipinski definition) is 3. The van der Waals surface area contributed by atoms with Gasteiger partial charge in [0.05, 0.1) is 4.90 Å². The Hall–Kier alpha value is -1.07. The van der Waals surface area contributed by atoms with Crippen LogP contribution in [0.2, 0.25) is 0 Å². The Morgan fingerprint density at radius 3 is 2.06 bits per heavy atom. The van der Waals surface area contributed by atoms with Gasteiger partial charge in [-0.1, -0.05) is 13.8 Å². The molecule has 0 aliphatic rings. The highest BCUT2D eigenvalue weighted by atomic mass is 32.2. The number of nitrogen functional groups attached to an aromatic ring is 1. The first-order valence-electron chi connectivity index (χ1n) is 5.99. The standard InChI is InChI=1S/C13H22N2O2S/c1-9(2)8-15(5)18(16,17)13-10(3)6-12(14)7-11(13)4/h6-7,9H,8,14H2,1-5H3. The van der Waals surface area contributed by atoms with Gasteiger partial charge in [-0.15, -0.1) is 0 Å². The molecule has 0 unspecified atom stereocenters. The van der Waals surface area contributed by atoms with Crippen LogP contribution in [0.4, 0.5) is 5.69 Å². The third-order valence-corrected chi connectivity index (χ3v) is 4.90. The van der Waals surface area contributed by atoms with Crippen molar-refractivity contribution in [2.75, 3.05) is 19.3 Å². The van der Waals surface area contributed by atoms with Crippen LogP contribution in [0.1, 0.15) is 25.0 Å². The minimum absolute atomic E-state index is 0.291. The van der Waals surface area contributed by atoms with Crippen LogP contribution >= 0.6 is 0 Å². The van der Waals surface area contributed by atoms with Crippen molar-refractivity contribution in [2.24, 2.45) is 5.92 Å². The normalized spacial score (nSPS) is 12.4. The molecule has 1 aromatic rings. The Balaban J connectivity index is 3.29. The van der Waals surface area contributed by atoms with E-state index in [0.717, 1.165) is 0 Å². The van der Waals surface area contributed by atoms with Gasteiger partial charge in [-0.05, 0) is 43.0 Å². The molecule has 0 fully saturated rings. The van der Waals surface area contributed by atoms with Crippen LogP contribution < -0.4 is 5.73 Å². The number of nitrogens with two attached hydrogens (primary N) is 1. The van der Waals surface area contributed by atoms with Crippen molar-refractivity contribution in [2.45, 2.75) is 32.6 Å². The monoisotopic (exact) mass is 270 g/mol. The summed E-state index contributed by atoms with van der Waals surface area (Å²) in [4.78, 5) is 0.375. The molecule has 0 bridgehead atoms. The maximum absolute atomic E-state index is 12.5. The molecule has 0 amide bonds. The Kier molecular flexibility index (Phi) is 4.40. The molecule has 0 atom stereocenters. The minimum Gasteiger partial charge on any atom is -0.399 e. The molecule has 4 nitrogen and oxygen atoms in total.